The van der Waals surface area contributed by atoms with Crippen LogP contribution >= 0.6 is 0 Å². The fourth-order valence-electron chi connectivity index (χ4n) is 4.06. The van der Waals surface area contributed by atoms with Gasteiger partial charge in [-0.1, -0.05) is 24.3 Å². The van der Waals surface area contributed by atoms with E-state index in [-0.39, 0.29) is 0 Å². The number of hydrogen-bond acceptors (Lipinski definition) is 2. The zero-order valence-corrected chi connectivity index (χ0v) is 16.3. The van der Waals surface area contributed by atoms with Crippen LogP contribution in [0, 0.1) is 6.92 Å². The van der Waals surface area contributed by atoms with Crippen LogP contribution in [0.3, 0.4) is 0 Å². The molecule has 0 radical (unpaired) electrons. The van der Waals surface area contributed by atoms with Gasteiger partial charge in [-0.05, 0) is 57.6 Å². The quantitative estimate of drug-likeness (QED) is 0.638. The van der Waals surface area contributed by atoms with Crippen molar-refractivity contribution in [3.05, 3.63) is 35.4 Å². The highest BCUT2D eigenvalue weighted by Crippen LogP contribution is 2.48. The molecule has 25 heavy (non-hydrogen) atoms. The van der Waals surface area contributed by atoms with Crippen molar-refractivity contribution in [2.24, 2.45) is 4.99 Å². The number of rotatable bonds is 5. The molecule has 0 amide bonds. The molecule has 4 nitrogen and oxygen atoms in total. The van der Waals surface area contributed by atoms with Gasteiger partial charge in [0.1, 0.15) is 0 Å². The van der Waals surface area contributed by atoms with Gasteiger partial charge in [0.15, 0.2) is 5.96 Å². The van der Waals surface area contributed by atoms with E-state index in [1.54, 1.807) is 0 Å². The number of piperidine rings is 1. The van der Waals surface area contributed by atoms with E-state index in [0.29, 0.717) is 17.5 Å². The molecule has 1 aromatic carbocycles. The van der Waals surface area contributed by atoms with Crippen LogP contribution in [-0.2, 0) is 5.41 Å². The van der Waals surface area contributed by atoms with Gasteiger partial charge in [0.2, 0.25) is 0 Å². The zero-order valence-electron chi connectivity index (χ0n) is 16.3. The monoisotopic (exact) mass is 342 g/mol. The molecular weight excluding hydrogens is 308 g/mol. The third-order valence-electron chi connectivity index (χ3n) is 5.99. The Kier molecular flexibility index (Phi) is 5.67. The number of benzene rings is 1. The minimum atomic E-state index is 0.309. The van der Waals surface area contributed by atoms with Crippen LogP contribution in [0.5, 0.6) is 0 Å². The molecule has 3 rings (SSSR count). The van der Waals surface area contributed by atoms with Crippen molar-refractivity contribution in [1.82, 2.24) is 15.5 Å². The van der Waals surface area contributed by atoms with E-state index in [0.717, 1.165) is 12.5 Å². The Hall–Kier alpha value is -1.55. The fourth-order valence-corrected chi connectivity index (χ4v) is 4.06. The van der Waals surface area contributed by atoms with Crippen LogP contribution in [-0.4, -0.2) is 49.6 Å². The van der Waals surface area contributed by atoms with E-state index in [1.807, 2.05) is 7.05 Å². The van der Waals surface area contributed by atoms with Crippen LogP contribution in [0.15, 0.2) is 29.3 Å². The molecule has 2 N–H and O–H groups in total. The maximum atomic E-state index is 4.46. The van der Waals surface area contributed by atoms with Gasteiger partial charge in [-0.25, -0.2) is 0 Å². The van der Waals surface area contributed by atoms with E-state index in [4.69, 9.17) is 0 Å². The molecule has 0 bridgehead atoms. The van der Waals surface area contributed by atoms with Gasteiger partial charge in [0.05, 0.1) is 0 Å². The Bertz CT molecular complexity index is 596. The number of nitrogens with zero attached hydrogens (tertiary/aromatic N) is 2. The first-order valence-electron chi connectivity index (χ1n) is 9.81. The third kappa shape index (κ3) is 4.35. The number of hydrogen-bond donors (Lipinski definition) is 2. The summed E-state index contributed by atoms with van der Waals surface area (Å²) < 4.78 is 0. The van der Waals surface area contributed by atoms with Gasteiger partial charge in [-0.15, -0.1) is 0 Å². The maximum Gasteiger partial charge on any atom is 0.191 e. The van der Waals surface area contributed by atoms with Gasteiger partial charge in [0, 0.05) is 44.2 Å². The number of likely N-dealkylation sites (tertiary alicyclic amines) is 1. The van der Waals surface area contributed by atoms with Gasteiger partial charge in [-0.3, -0.25) is 4.99 Å². The van der Waals surface area contributed by atoms with Crippen molar-refractivity contribution in [2.75, 3.05) is 26.7 Å². The Morgan fingerprint density at radius 3 is 2.48 bits per heavy atom. The molecule has 1 heterocycles. The summed E-state index contributed by atoms with van der Waals surface area (Å²) in [7, 11) is 1.88. The summed E-state index contributed by atoms with van der Waals surface area (Å²) in [6.45, 7) is 10.1. The van der Waals surface area contributed by atoms with Crippen molar-refractivity contribution in [2.45, 2.75) is 64.0 Å². The topological polar surface area (TPSA) is 39.7 Å². The summed E-state index contributed by atoms with van der Waals surface area (Å²) in [6.07, 6.45) is 4.94. The van der Waals surface area contributed by atoms with E-state index in [1.165, 1.54) is 49.9 Å². The summed E-state index contributed by atoms with van der Waals surface area (Å²) in [5.74, 6) is 0.961. The Labute approximate surface area is 153 Å². The summed E-state index contributed by atoms with van der Waals surface area (Å²) in [5, 5.41) is 7.25. The van der Waals surface area contributed by atoms with Crippen LogP contribution in [0.4, 0.5) is 0 Å². The van der Waals surface area contributed by atoms with E-state index in [9.17, 15) is 0 Å². The molecule has 2 fully saturated rings. The van der Waals surface area contributed by atoms with Gasteiger partial charge < -0.3 is 15.5 Å². The predicted octanol–water partition coefficient (Wildman–Crippen LogP) is 3.06. The lowest BCUT2D eigenvalue weighted by atomic mass is 9.92. The molecule has 1 aliphatic heterocycles. The van der Waals surface area contributed by atoms with Gasteiger partial charge in [-0.2, -0.15) is 0 Å². The second-order valence-electron chi connectivity index (χ2n) is 8.07. The molecule has 1 aliphatic carbocycles. The second-order valence-corrected chi connectivity index (χ2v) is 8.07. The number of guanidine groups is 1. The lowest BCUT2D eigenvalue weighted by molar-refractivity contribution is 0.167. The second kappa shape index (κ2) is 7.77. The third-order valence-corrected chi connectivity index (χ3v) is 5.99. The van der Waals surface area contributed by atoms with Gasteiger partial charge in [0.25, 0.3) is 0 Å². The van der Waals surface area contributed by atoms with Crippen LogP contribution in [0.2, 0.25) is 0 Å². The summed E-state index contributed by atoms with van der Waals surface area (Å²) in [6, 6.07) is 10.0. The largest absolute Gasteiger partial charge is 0.356 e. The molecule has 0 aromatic heterocycles. The molecule has 0 spiro atoms. The minimum Gasteiger partial charge on any atom is -0.356 e. The normalized spacial score (nSPS) is 21.4. The van der Waals surface area contributed by atoms with Crippen LogP contribution in [0.25, 0.3) is 0 Å². The molecule has 4 heteroatoms. The van der Waals surface area contributed by atoms with Gasteiger partial charge >= 0.3 is 0 Å². The van der Waals surface area contributed by atoms with E-state index < -0.39 is 0 Å². The standard InChI is InChI=1S/C21H34N4/c1-16(2)25-13-9-18(10-14-25)24-20(22-4)23-15-21(11-12-21)19-8-6-5-7-17(19)3/h5-8,16,18H,9-15H2,1-4H3,(H2,22,23,24). The number of nitrogens with one attached hydrogen (secondary N) is 2. The van der Waals surface area contributed by atoms with Crippen LogP contribution < -0.4 is 10.6 Å². The molecule has 1 saturated carbocycles. The SMILES string of the molecule is CN=C(NCC1(c2ccccc2C)CC1)NC1CCN(C(C)C)CC1. The highest BCUT2D eigenvalue weighted by atomic mass is 15.2. The smallest absolute Gasteiger partial charge is 0.191 e. The molecule has 1 aromatic rings. The molecule has 1 saturated heterocycles. The van der Waals surface area contributed by atoms with E-state index >= 15 is 0 Å². The van der Waals surface area contributed by atoms with Crippen molar-refractivity contribution in [1.29, 1.82) is 0 Å². The zero-order chi connectivity index (χ0) is 17.9. The lowest BCUT2D eigenvalue weighted by Gasteiger charge is -2.35. The minimum absolute atomic E-state index is 0.309. The Morgan fingerprint density at radius 2 is 1.92 bits per heavy atom. The number of aryl methyl sites for hydroxylation is 1. The molecule has 2 aliphatic rings. The highest BCUT2D eigenvalue weighted by Gasteiger charge is 2.45. The number of aliphatic imine (C=N–C) groups is 1. The van der Waals surface area contributed by atoms with E-state index in [2.05, 4.69) is 65.6 Å². The van der Waals surface area contributed by atoms with Crippen molar-refractivity contribution in [3.8, 4) is 0 Å². The fraction of sp³-hybridized carbons (Fsp3) is 0.667. The summed E-state index contributed by atoms with van der Waals surface area (Å²) in [4.78, 5) is 7.03. The predicted molar refractivity (Wildman–Crippen MR) is 106 cm³/mol. The van der Waals surface area contributed by atoms with Crippen LogP contribution in [0.1, 0.15) is 50.7 Å². The van der Waals surface area contributed by atoms with Crippen molar-refractivity contribution in [3.63, 3.8) is 0 Å². The first kappa shape index (κ1) is 18.2. The highest BCUT2D eigenvalue weighted by molar-refractivity contribution is 5.80. The molecular formula is C21H34N4. The average Bonchev–Trinajstić information content (AvgIpc) is 3.40. The maximum absolute atomic E-state index is 4.46. The Morgan fingerprint density at radius 1 is 1.24 bits per heavy atom. The average molecular weight is 343 g/mol. The molecule has 0 unspecified atom stereocenters. The molecule has 138 valence electrons. The first-order valence-corrected chi connectivity index (χ1v) is 9.81. The summed E-state index contributed by atoms with van der Waals surface area (Å²) in [5.41, 5.74) is 3.22. The first-order chi connectivity index (χ1) is 12.0. The molecule has 0 atom stereocenters. The van der Waals surface area contributed by atoms with Crippen molar-refractivity contribution < 1.29 is 0 Å². The Balaban J connectivity index is 1.51. The van der Waals surface area contributed by atoms with Crippen molar-refractivity contribution >= 4 is 5.96 Å². The lowest BCUT2D eigenvalue weighted by Crippen LogP contribution is -2.50. The summed E-state index contributed by atoms with van der Waals surface area (Å²) >= 11 is 0.